The average molecular weight is 411 g/mol. The minimum atomic E-state index is -4.32. The van der Waals surface area contributed by atoms with Crippen molar-refractivity contribution >= 4 is 29.9 Å². The molecular formula is C16H26O8S2. The highest BCUT2D eigenvalue weighted by atomic mass is 32.2. The number of carbonyl (C=O) groups excluding carboxylic acids is 2. The first kappa shape index (κ1) is 21.5. The van der Waals surface area contributed by atoms with Gasteiger partial charge in [0.2, 0.25) is 39.8 Å². The van der Waals surface area contributed by atoms with E-state index in [1.54, 1.807) is 0 Å². The zero-order valence-corrected chi connectivity index (χ0v) is 16.8. The largest absolute Gasteiger partial charge is 0.282 e. The van der Waals surface area contributed by atoms with E-state index in [0.29, 0.717) is 25.7 Å². The molecule has 0 saturated heterocycles. The van der Waals surface area contributed by atoms with E-state index in [1.165, 1.54) is 0 Å². The lowest BCUT2D eigenvalue weighted by Crippen LogP contribution is -2.52. The van der Waals surface area contributed by atoms with Crippen LogP contribution in [0, 0.1) is 0 Å². The number of rotatable bonds is 5. The Morgan fingerprint density at radius 2 is 0.885 bits per heavy atom. The van der Waals surface area contributed by atoms with Crippen LogP contribution in [0.5, 0.6) is 0 Å². The summed E-state index contributed by atoms with van der Waals surface area (Å²) in [6.07, 6.45) is 3.83. The molecule has 0 aromatic rings. The zero-order chi connectivity index (χ0) is 19.6. The minimum Gasteiger partial charge on any atom is -0.282 e. The first-order valence-corrected chi connectivity index (χ1v) is 11.8. The Labute approximate surface area is 154 Å². The predicted octanol–water partition coefficient (Wildman–Crippen LogP) is 2.18. The Hall–Kier alpha value is -0.840. The van der Waals surface area contributed by atoms with Crippen molar-refractivity contribution in [1.82, 2.24) is 0 Å². The standard InChI is InChI=1S/C16H26O8S2/c1-13(17)25(19,20)15(9-5-3-6-10-15)23-24-16(11-7-4-8-12-16)26(21,22)14(2)18/h3-12H2,1-2H3. The molecule has 0 aromatic carbocycles. The molecule has 0 unspecified atom stereocenters. The number of hydrogen-bond acceptors (Lipinski definition) is 8. The molecule has 0 heterocycles. The fourth-order valence-corrected chi connectivity index (χ4v) is 6.60. The maximum absolute atomic E-state index is 12.6. The smallest absolute Gasteiger partial charge is 0.246 e. The highest BCUT2D eigenvalue weighted by Gasteiger charge is 2.55. The molecule has 0 amide bonds. The van der Waals surface area contributed by atoms with Crippen LogP contribution in [-0.4, -0.2) is 36.9 Å². The lowest BCUT2D eigenvalue weighted by molar-refractivity contribution is -0.382. The molecule has 2 saturated carbocycles. The van der Waals surface area contributed by atoms with Gasteiger partial charge in [-0.2, -0.15) is 0 Å². The van der Waals surface area contributed by atoms with Gasteiger partial charge < -0.3 is 0 Å². The lowest BCUT2D eigenvalue weighted by Gasteiger charge is -2.39. The molecule has 10 heteroatoms. The van der Waals surface area contributed by atoms with E-state index in [1.807, 2.05) is 0 Å². The third-order valence-corrected chi connectivity index (χ3v) is 9.74. The Morgan fingerprint density at radius 3 is 1.12 bits per heavy atom. The van der Waals surface area contributed by atoms with Gasteiger partial charge in [0.15, 0.2) is 0 Å². The van der Waals surface area contributed by atoms with E-state index >= 15 is 0 Å². The van der Waals surface area contributed by atoms with Crippen molar-refractivity contribution in [2.75, 3.05) is 0 Å². The molecule has 2 aliphatic carbocycles. The van der Waals surface area contributed by atoms with E-state index in [2.05, 4.69) is 0 Å². The highest BCUT2D eigenvalue weighted by Crippen LogP contribution is 2.43. The van der Waals surface area contributed by atoms with Gasteiger partial charge in [0.05, 0.1) is 0 Å². The Morgan fingerprint density at radius 1 is 0.615 bits per heavy atom. The van der Waals surface area contributed by atoms with E-state index in [9.17, 15) is 26.4 Å². The molecule has 26 heavy (non-hydrogen) atoms. The molecule has 150 valence electrons. The lowest BCUT2D eigenvalue weighted by atomic mass is 9.97. The maximum atomic E-state index is 12.6. The summed E-state index contributed by atoms with van der Waals surface area (Å²) in [5, 5.41) is -2.09. The second kappa shape index (κ2) is 7.65. The van der Waals surface area contributed by atoms with Crippen molar-refractivity contribution in [1.29, 1.82) is 0 Å². The van der Waals surface area contributed by atoms with Crippen LogP contribution >= 0.6 is 0 Å². The Balaban J connectivity index is 2.39. The number of sulfone groups is 2. The Kier molecular flexibility index (Phi) is 6.31. The quantitative estimate of drug-likeness (QED) is 0.499. The van der Waals surface area contributed by atoms with Crippen molar-refractivity contribution in [2.24, 2.45) is 0 Å². The second-order valence-corrected chi connectivity index (χ2v) is 11.8. The van der Waals surface area contributed by atoms with Crippen LogP contribution in [0.1, 0.15) is 78.1 Å². The minimum absolute atomic E-state index is 0.0467. The van der Waals surface area contributed by atoms with Gasteiger partial charge in [0.1, 0.15) is 0 Å². The van der Waals surface area contributed by atoms with E-state index in [0.717, 1.165) is 26.7 Å². The van der Waals surface area contributed by atoms with E-state index in [4.69, 9.17) is 9.78 Å². The van der Waals surface area contributed by atoms with E-state index < -0.39 is 39.8 Å². The highest BCUT2D eigenvalue weighted by molar-refractivity contribution is 8.07. The summed E-state index contributed by atoms with van der Waals surface area (Å²) in [6.45, 7) is 1.88. The normalized spacial score (nSPS) is 23.3. The van der Waals surface area contributed by atoms with Crippen LogP contribution in [0.2, 0.25) is 0 Å². The summed E-state index contributed by atoms with van der Waals surface area (Å²) in [4.78, 5) is 30.3. The first-order valence-electron chi connectivity index (χ1n) is 8.88. The molecule has 0 radical (unpaired) electrons. The first-order chi connectivity index (χ1) is 12.0. The number of carbonyl (C=O) groups is 2. The maximum Gasteiger partial charge on any atom is 0.246 e. The monoisotopic (exact) mass is 410 g/mol. The summed E-state index contributed by atoms with van der Waals surface area (Å²) < 4.78 is 50.4. The summed E-state index contributed by atoms with van der Waals surface area (Å²) in [5.41, 5.74) is 0. The average Bonchev–Trinajstić information content (AvgIpc) is 2.61. The van der Waals surface area contributed by atoms with Crippen molar-refractivity contribution < 1.29 is 36.2 Å². The molecule has 0 N–H and O–H groups in total. The van der Waals surface area contributed by atoms with Crippen molar-refractivity contribution in [3.63, 3.8) is 0 Å². The SMILES string of the molecule is CC(=O)S(=O)(=O)C1(OOC2(S(=O)(=O)C(C)=O)CCCCC2)CCCCC1. The summed E-state index contributed by atoms with van der Waals surface area (Å²) in [7, 11) is -8.64. The molecule has 2 fully saturated rings. The van der Waals surface area contributed by atoms with Crippen LogP contribution in [0.4, 0.5) is 0 Å². The third kappa shape index (κ3) is 3.61. The van der Waals surface area contributed by atoms with E-state index in [-0.39, 0.29) is 25.7 Å². The molecule has 0 bridgehead atoms. The third-order valence-electron chi connectivity index (χ3n) is 5.31. The van der Waals surface area contributed by atoms with Gasteiger partial charge in [0.25, 0.3) is 0 Å². The molecule has 0 aromatic heterocycles. The molecular weight excluding hydrogens is 384 g/mol. The molecule has 2 rings (SSSR count). The van der Waals surface area contributed by atoms with Gasteiger partial charge in [-0.3, -0.25) is 9.59 Å². The predicted molar refractivity (Wildman–Crippen MR) is 93.0 cm³/mol. The van der Waals surface area contributed by atoms with Gasteiger partial charge in [-0.05, 0) is 51.4 Å². The molecule has 8 nitrogen and oxygen atoms in total. The Bertz CT molecular complexity index is 688. The van der Waals surface area contributed by atoms with Crippen molar-refractivity contribution in [2.45, 2.75) is 87.9 Å². The topological polar surface area (TPSA) is 121 Å². The fraction of sp³-hybridized carbons (Fsp3) is 0.875. The van der Waals surface area contributed by atoms with Gasteiger partial charge in [0, 0.05) is 13.8 Å². The molecule has 2 aliphatic rings. The van der Waals surface area contributed by atoms with Crippen molar-refractivity contribution in [3.8, 4) is 0 Å². The molecule has 0 aliphatic heterocycles. The summed E-state index contributed by atoms with van der Waals surface area (Å²) in [6, 6.07) is 0. The number of hydrogen-bond donors (Lipinski definition) is 0. The fourth-order valence-electron chi connectivity index (χ4n) is 3.65. The molecule has 0 spiro atoms. The zero-order valence-electron chi connectivity index (χ0n) is 15.2. The summed E-state index contributed by atoms with van der Waals surface area (Å²) >= 11 is 0. The van der Waals surface area contributed by atoms with Gasteiger partial charge in [-0.15, -0.1) is 0 Å². The van der Waals surface area contributed by atoms with Crippen LogP contribution in [0.3, 0.4) is 0 Å². The van der Waals surface area contributed by atoms with Gasteiger partial charge in [-0.25, -0.2) is 26.6 Å². The second-order valence-electron chi connectivity index (χ2n) is 7.10. The van der Waals surface area contributed by atoms with Crippen LogP contribution < -0.4 is 0 Å². The van der Waals surface area contributed by atoms with Crippen LogP contribution in [0.15, 0.2) is 0 Å². The summed E-state index contributed by atoms with van der Waals surface area (Å²) in [5.74, 6) is 0. The van der Waals surface area contributed by atoms with Crippen LogP contribution in [-0.2, 0) is 39.0 Å². The van der Waals surface area contributed by atoms with Crippen molar-refractivity contribution in [3.05, 3.63) is 0 Å². The molecule has 0 atom stereocenters. The van der Waals surface area contributed by atoms with Crippen LogP contribution in [0.25, 0.3) is 0 Å². The van der Waals surface area contributed by atoms with Gasteiger partial charge in [-0.1, -0.05) is 12.8 Å². The van der Waals surface area contributed by atoms with Gasteiger partial charge >= 0.3 is 0 Å².